The van der Waals surface area contributed by atoms with Gasteiger partial charge in [-0.1, -0.05) is 0 Å². The molecular weight excluding hydrogens is 190 g/mol. The maximum Gasteiger partial charge on any atom is 0.120 e. The third kappa shape index (κ3) is 2.30. The van der Waals surface area contributed by atoms with E-state index in [1.165, 1.54) is 0 Å². The molecule has 0 fully saturated rings. The number of methoxy groups -OCH3 is 1. The van der Waals surface area contributed by atoms with E-state index in [4.69, 9.17) is 9.47 Å². The number of rotatable bonds is 4. The maximum atomic E-state index is 5.60. The molecule has 0 saturated carbocycles. The zero-order chi connectivity index (χ0) is 10.7. The van der Waals surface area contributed by atoms with Crippen LogP contribution in [-0.4, -0.2) is 24.8 Å². The average Bonchev–Trinajstić information content (AvgIpc) is 2.72. The van der Waals surface area contributed by atoms with Gasteiger partial charge < -0.3 is 14.5 Å². The van der Waals surface area contributed by atoms with Gasteiger partial charge in [-0.15, -0.1) is 0 Å². The minimum absolute atomic E-state index is 0.118. The molecule has 15 heavy (non-hydrogen) atoms. The Balaban J connectivity index is 2.08. The first kappa shape index (κ1) is 10.1. The molecule has 80 valence electrons. The summed E-state index contributed by atoms with van der Waals surface area (Å²) in [5.41, 5.74) is 1.13. The highest BCUT2D eigenvalue weighted by Gasteiger charge is 2.01. The van der Waals surface area contributed by atoms with E-state index in [2.05, 4.69) is 4.98 Å². The van der Waals surface area contributed by atoms with E-state index in [0.29, 0.717) is 6.61 Å². The summed E-state index contributed by atoms with van der Waals surface area (Å²) >= 11 is 0. The predicted molar refractivity (Wildman–Crippen MR) is 60.3 cm³/mol. The van der Waals surface area contributed by atoms with Crippen molar-refractivity contribution in [1.82, 2.24) is 4.98 Å². The maximum absolute atomic E-state index is 5.60. The Kier molecular flexibility index (Phi) is 2.92. The first-order valence-electron chi connectivity index (χ1n) is 5.02. The van der Waals surface area contributed by atoms with Gasteiger partial charge >= 0.3 is 0 Å². The summed E-state index contributed by atoms with van der Waals surface area (Å²) in [6.07, 6.45) is 2.04. The summed E-state index contributed by atoms with van der Waals surface area (Å²) in [5.74, 6) is 0.881. The number of ether oxygens (including phenoxy) is 2. The van der Waals surface area contributed by atoms with Crippen molar-refractivity contribution >= 4 is 10.9 Å². The van der Waals surface area contributed by atoms with Crippen LogP contribution in [0, 0.1) is 0 Å². The topological polar surface area (TPSA) is 34.2 Å². The molecule has 1 aromatic heterocycles. The van der Waals surface area contributed by atoms with Crippen molar-refractivity contribution in [3.8, 4) is 5.75 Å². The van der Waals surface area contributed by atoms with Crippen LogP contribution < -0.4 is 4.74 Å². The lowest BCUT2D eigenvalue weighted by molar-refractivity contribution is 0.0717. The van der Waals surface area contributed by atoms with Gasteiger partial charge in [-0.25, -0.2) is 0 Å². The molecule has 0 aliphatic carbocycles. The molecule has 1 atom stereocenters. The molecule has 2 aromatic rings. The number of H-pyrrole nitrogens is 1. The molecule has 1 heterocycles. The van der Waals surface area contributed by atoms with Gasteiger partial charge in [0, 0.05) is 24.2 Å². The fraction of sp³-hybridized carbons (Fsp3) is 0.333. The van der Waals surface area contributed by atoms with Crippen LogP contribution >= 0.6 is 0 Å². The highest BCUT2D eigenvalue weighted by atomic mass is 16.5. The molecule has 1 unspecified atom stereocenters. The highest BCUT2D eigenvalue weighted by Crippen LogP contribution is 2.19. The molecule has 2 rings (SSSR count). The number of hydrogen-bond acceptors (Lipinski definition) is 2. The van der Waals surface area contributed by atoms with Gasteiger partial charge in [-0.3, -0.25) is 0 Å². The van der Waals surface area contributed by atoms with Crippen LogP contribution in [0.2, 0.25) is 0 Å². The first-order valence-corrected chi connectivity index (χ1v) is 5.02. The van der Waals surface area contributed by atoms with Crippen LogP contribution in [0.3, 0.4) is 0 Å². The van der Waals surface area contributed by atoms with E-state index in [1.54, 1.807) is 7.11 Å². The summed E-state index contributed by atoms with van der Waals surface area (Å²) in [7, 11) is 1.68. The Morgan fingerprint density at radius 1 is 1.33 bits per heavy atom. The molecule has 0 bridgehead atoms. The number of benzene rings is 1. The van der Waals surface area contributed by atoms with Crippen molar-refractivity contribution in [1.29, 1.82) is 0 Å². The molecule has 3 heteroatoms. The summed E-state index contributed by atoms with van der Waals surface area (Å²) in [6, 6.07) is 8.03. The van der Waals surface area contributed by atoms with E-state index in [1.807, 2.05) is 37.4 Å². The van der Waals surface area contributed by atoms with Crippen molar-refractivity contribution < 1.29 is 9.47 Å². The molecule has 0 aliphatic rings. The minimum Gasteiger partial charge on any atom is -0.491 e. The fourth-order valence-electron chi connectivity index (χ4n) is 1.40. The predicted octanol–water partition coefficient (Wildman–Crippen LogP) is 2.58. The Labute approximate surface area is 89.0 Å². The van der Waals surface area contributed by atoms with E-state index >= 15 is 0 Å². The minimum atomic E-state index is 0.118. The van der Waals surface area contributed by atoms with Crippen molar-refractivity contribution in [3.63, 3.8) is 0 Å². The number of hydrogen-bond donors (Lipinski definition) is 1. The Hall–Kier alpha value is -1.48. The lowest BCUT2D eigenvalue weighted by atomic mass is 10.2. The van der Waals surface area contributed by atoms with Crippen molar-refractivity contribution in [3.05, 3.63) is 30.5 Å². The summed E-state index contributed by atoms with van der Waals surface area (Å²) in [5, 5.41) is 1.16. The monoisotopic (exact) mass is 205 g/mol. The largest absolute Gasteiger partial charge is 0.491 e. The van der Waals surface area contributed by atoms with Crippen molar-refractivity contribution in [2.45, 2.75) is 13.0 Å². The molecule has 0 amide bonds. The highest BCUT2D eigenvalue weighted by molar-refractivity contribution is 5.80. The third-order valence-electron chi connectivity index (χ3n) is 2.41. The standard InChI is InChI=1S/C12H15NO2/c1-9(14-2)8-15-11-3-4-12-10(7-11)5-6-13-12/h3-7,9,13H,8H2,1-2H3. The van der Waals surface area contributed by atoms with E-state index < -0.39 is 0 Å². The van der Waals surface area contributed by atoms with Gasteiger partial charge in [0.2, 0.25) is 0 Å². The molecular formula is C12H15NO2. The number of nitrogens with one attached hydrogen (secondary N) is 1. The smallest absolute Gasteiger partial charge is 0.120 e. The molecule has 1 N–H and O–H groups in total. The first-order chi connectivity index (χ1) is 7.29. The average molecular weight is 205 g/mol. The SMILES string of the molecule is COC(C)COc1ccc2[nH]ccc2c1. The summed E-state index contributed by atoms with van der Waals surface area (Å²) in [4.78, 5) is 3.14. The zero-order valence-corrected chi connectivity index (χ0v) is 8.99. The fourth-order valence-corrected chi connectivity index (χ4v) is 1.40. The summed E-state index contributed by atoms with van der Waals surface area (Å²) in [6.45, 7) is 2.56. The van der Waals surface area contributed by atoms with Crippen molar-refractivity contribution in [2.24, 2.45) is 0 Å². The zero-order valence-electron chi connectivity index (χ0n) is 8.99. The molecule has 1 aromatic carbocycles. The van der Waals surface area contributed by atoms with Gasteiger partial charge in [0.1, 0.15) is 12.4 Å². The molecule has 0 radical (unpaired) electrons. The van der Waals surface area contributed by atoms with Crippen LogP contribution in [0.15, 0.2) is 30.5 Å². The van der Waals surface area contributed by atoms with Crippen LogP contribution in [0.5, 0.6) is 5.75 Å². The van der Waals surface area contributed by atoms with E-state index in [0.717, 1.165) is 16.7 Å². The number of aromatic nitrogens is 1. The second-order valence-electron chi connectivity index (χ2n) is 3.58. The van der Waals surface area contributed by atoms with Gasteiger partial charge in [0.25, 0.3) is 0 Å². The van der Waals surface area contributed by atoms with Crippen LogP contribution in [0.25, 0.3) is 10.9 Å². The van der Waals surface area contributed by atoms with Crippen LogP contribution in [0.1, 0.15) is 6.92 Å². The Morgan fingerprint density at radius 3 is 3.00 bits per heavy atom. The second kappa shape index (κ2) is 4.36. The van der Waals surface area contributed by atoms with Crippen LogP contribution in [0.4, 0.5) is 0 Å². The van der Waals surface area contributed by atoms with E-state index in [-0.39, 0.29) is 6.10 Å². The lowest BCUT2D eigenvalue weighted by Gasteiger charge is -2.11. The Morgan fingerprint density at radius 2 is 2.20 bits per heavy atom. The second-order valence-corrected chi connectivity index (χ2v) is 3.58. The normalized spacial score (nSPS) is 12.9. The number of aromatic amines is 1. The van der Waals surface area contributed by atoms with E-state index in [9.17, 15) is 0 Å². The lowest BCUT2D eigenvalue weighted by Crippen LogP contribution is -2.15. The van der Waals surface area contributed by atoms with Crippen LogP contribution in [-0.2, 0) is 4.74 Å². The van der Waals surface area contributed by atoms with Gasteiger partial charge in [0.15, 0.2) is 0 Å². The molecule has 0 saturated heterocycles. The van der Waals surface area contributed by atoms with Gasteiger partial charge in [-0.05, 0) is 31.2 Å². The van der Waals surface area contributed by atoms with Gasteiger partial charge in [-0.2, -0.15) is 0 Å². The molecule has 0 aliphatic heterocycles. The molecule has 3 nitrogen and oxygen atoms in total. The quantitative estimate of drug-likeness (QED) is 0.832. The number of fused-ring (bicyclic) bond motifs is 1. The van der Waals surface area contributed by atoms with Crippen molar-refractivity contribution in [2.75, 3.05) is 13.7 Å². The third-order valence-corrected chi connectivity index (χ3v) is 2.41. The van der Waals surface area contributed by atoms with Gasteiger partial charge in [0.05, 0.1) is 6.10 Å². The summed E-state index contributed by atoms with van der Waals surface area (Å²) < 4.78 is 10.7. The Bertz CT molecular complexity index is 436. The molecule has 0 spiro atoms.